The molecule has 0 aromatic carbocycles. The Morgan fingerprint density at radius 2 is 1.94 bits per heavy atom. The first-order valence-corrected chi connectivity index (χ1v) is 5.49. The number of methoxy groups -OCH3 is 1. The zero-order valence-electron chi connectivity index (χ0n) is 9.90. The SMILES string of the molecule is COCCNC(=O)CNCCCCC(F)(F)F. The van der Waals surface area contributed by atoms with Gasteiger partial charge in [0.25, 0.3) is 0 Å². The smallest absolute Gasteiger partial charge is 0.383 e. The second kappa shape index (κ2) is 9.23. The maximum Gasteiger partial charge on any atom is 0.389 e. The van der Waals surface area contributed by atoms with Gasteiger partial charge in [-0.3, -0.25) is 4.79 Å². The summed E-state index contributed by atoms with van der Waals surface area (Å²) < 4.78 is 40.0. The van der Waals surface area contributed by atoms with Crippen LogP contribution in [0.15, 0.2) is 0 Å². The van der Waals surface area contributed by atoms with Gasteiger partial charge in [0, 0.05) is 20.1 Å². The molecule has 0 fully saturated rings. The van der Waals surface area contributed by atoms with Gasteiger partial charge in [0.1, 0.15) is 0 Å². The molecule has 0 bridgehead atoms. The predicted octanol–water partition coefficient (Wildman–Crippen LogP) is 1.07. The summed E-state index contributed by atoms with van der Waals surface area (Å²) in [5.41, 5.74) is 0. The van der Waals surface area contributed by atoms with E-state index in [0.717, 1.165) is 0 Å². The van der Waals surface area contributed by atoms with Gasteiger partial charge in [-0.15, -0.1) is 0 Å². The van der Waals surface area contributed by atoms with Crippen molar-refractivity contribution in [2.75, 3.05) is 33.4 Å². The fourth-order valence-corrected chi connectivity index (χ4v) is 1.13. The number of amides is 1. The highest BCUT2D eigenvalue weighted by Gasteiger charge is 2.25. The second-order valence-electron chi connectivity index (χ2n) is 3.59. The normalized spacial score (nSPS) is 11.5. The summed E-state index contributed by atoms with van der Waals surface area (Å²) in [5.74, 6) is -0.183. The number of nitrogens with one attached hydrogen (secondary N) is 2. The van der Waals surface area contributed by atoms with Crippen LogP contribution in [0.4, 0.5) is 13.2 Å². The van der Waals surface area contributed by atoms with Crippen molar-refractivity contribution >= 4 is 5.91 Å². The van der Waals surface area contributed by atoms with Gasteiger partial charge in [-0.25, -0.2) is 0 Å². The zero-order valence-corrected chi connectivity index (χ0v) is 9.90. The van der Waals surface area contributed by atoms with E-state index in [9.17, 15) is 18.0 Å². The van der Waals surface area contributed by atoms with E-state index in [2.05, 4.69) is 10.6 Å². The average molecular weight is 256 g/mol. The Labute approximate surface area is 98.9 Å². The van der Waals surface area contributed by atoms with Crippen LogP contribution in [0, 0.1) is 0 Å². The Hall–Kier alpha value is -0.820. The van der Waals surface area contributed by atoms with Gasteiger partial charge >= 0.3 is 6.18 Å². The van der Waals surface area contributed by atoms with E-state index in [4.69, 9.17) is 4.74 Å². The number of hydrogen-bond donors (Lipinski definition) is 2. The minimum atomic E-state index is -4.09. The third kappa shape index (κ3) is 13.1. The summed E-state index contributed by atoms with van der Waals surface area (Å²) in [6, 6.07) is 0. The number of unbranched alkanes of at least 4 members (excludes halogenated alkanes) is 1. The highest BCUT2D eigenvalue weighted by atomic mass is 19.4. The molecular weight excluding hydrogens is 237 g/mol. The summed E-state index contributed by atoms with van der Waals surface area (Å²) in [6.45, 7) is 1.41. The number of ether oxygens (including phenoxy) is 1. The van der Waals surface area contributed by atoms with E-state index in [1.54, 1.807) is 0 Å². The number of alkyl halides is 3. The number of carbonyl (C=O) groups is 1. The molecule has 0 atom stereocenters. The first-order valence-electron chi connectivity index (χ1n) is 5.49. The Bertz CT molecular complexity index is 210. The minimum Gasteiger partial charge on any atom is -0.383 e. The van der Waals surface area contributed by atoms with E-state index < -0.39 is 12.6 Å². The molecule has 0 aliphatic heterocycles. The van der Waals surface area contributed by atoms with Crippen LogP contribution in [0.25, 0.3) is 0 Å². The third-order valence-corrected chi connectivity index (χ3v) is 1.98. The van der Waals surface area contributed by atoms with Crippen LogP contribution in [-0.4, -0.2) is 45.4 Å². The molecule has 0 heterocycles. The van der Waals surface area contributed by atoms with Gasteiger partial charge in [0.05, 0.1) is 13.2 Å². The van der Waals surface area contributed by atoms with Crippen LogP contribution in [-0.2, 0) is 9.53 Å². The molecule has 102 valence electrons. The summed E-state index contributed by atoms with van der Waals surface area (Å²) in [4.78, 5) is 11.1. The van der Waals surface area contributed by atoms with E-state index >= 15 is 0 Å². The predicted molar refractivity (Wildman–Crippen MR) is 57.7 cm³/mol. The number of hydrogen-bond acceptors (Lipinski definition) is 3. The van der Waals surface area contributed by atoms with E-state index in [-0.39, 0.29) is 18.9 Å². The Balaban J connectivity index is 3.25. The molecule has 0 saturated carbocycles. The van der Waals surface area contributed by atoms with Crippen molar-refractivity contribution in [3.05, 3.63) is 0 Å². The van der Waals surface area contributed by atoms with Crippen molar-refractivity contribution in [3.63, 3.8) is 0 Å². The van der Waals surface area contributed by atoms with Crippen molar-refractivity contribution in [1.82, 2.24) is 10.6 Å². The molecule has 0 saturated heterocycles. The Morgan fingerprint density at radius 1 is 1.24 bits per heavy atom. The number of carbonyl (C=O) groups excluding carboxylic acids is 1. The summed E-state index contributed by atoms with van der Waals surface area (Å²) in [5, 5.41) is 5.37. The van der Waals surface area contributed by atoms with Crippen molar-refractivity contribution < 1.29 is 22.7 Å². The van der Waals surface area contributed by atoms with Crippen molar-refractivity contribution in [2.45, 2.75) is 25.4 Å². The van der Waals surface area contributed by atoms with Crippen LogP contribution in [0.2, 0.25) is 0 Å². The molecule has 0 unspecified atom stereocenters. The maximum atomic E-state index is 11.8. The van der Waals surface area contributed by atoms with Crippen molar-refractivity contribution in [3.8, 4) is 0 Å². The Morgan fingerprint density at radius 3 is 2.53 bits per heavy atom. The maximum absolute atomic E-state index is 11.8. The fourth-order valence-electron chi connectivity index (χ4n) is 1.13. The summed E-state index contributed by atoms with van der Waals surface area (Å²) in [6.07, 6.45) is -4.36. The lowest BCUT2D eigenvalue weighted by Crippen LogP contribution is -2.35. The van der Waals surface area contributed by atoms with Gasteiger partial charge in [-0.05, 0) is 19.4 Å². The van der Waals surface area contributed by atoms with E-state index in [0.29, 0.717) is 26.1 Å². The Kier molecular flexibility index (Phi) is 8.79. The van der Waals surface area contributed by atoms with Gasteiger partial charge in [-0.2, -0.15) is 13.2 Å². The topological polar surface area (TPSA) is 50.4 Å². The molecule has 2 N–H and O–H groups in total. The van der Waals surface area contributed by atoms with Crippen molar-refractivity contribution in [1.29, 1.82) is 0 Å². The number of rotatable bonds is 9. The van der Waals surface area contributed by atoms with Gasteiger partial charge in [0.2, 0.25) is 5.91 Å². The lowest BCUT2D eigenvalue weighted by Gasteiger charge is -2.07. The molecule has 4 nitrogen and oxygen atoms in total. The lowest BCUT2D eigenvalue weighted by atomic mass is 10.2. The van der Waals surface area contributed by atoms with Crippen LogP contribution in [0.1, 0.15) is 19.3 Å². The summed E-state index contributed by atoms with van der Waals surface area (Å²) >= 11 is 0. The van der Waals surface area contributed by atoms with Gasteiger partial charge in [-0.1, -0.05) is 0 Å². The van der Waals surface area contributed by atoms with Crippen LogP contribution < -0.4 is 10.6 Å². The average Bonchev–Trinajstić information content (AvgIpc) is 2.22. The summed E-state index contributed by atoms with van der Waals surface area (Å²) in [7, 11) is 1.53. The van der Waals surface area contributed by atoms with Crippen LogP contribution in [0.3, 0.4) is 0 Å². The molecule has 0 rings (SSSR count). The molecule has 0 aliphatic rings. The first-order chi connectivity index (χ1) is 7.95. The molecule has 7 heteroatoms. The van der Waals surface area contributed by atoms with Crippen LogP contribution in [0.5, 0.6) is 0 Å². The molecule has 1 amide bonds. The molecule has 0 aromatic rings. The van der Waals surface area contributed by atoms with Crippen molar-refractivity contribution in [2.24, 2.45) is 0 Å². The highest BCUT2D eigenvalue weighted by Crippen LogP contribution is 2.21. The third-order valence-electron chi connectivity index (χ3n) is 1.98. The number of halogens is 3. The molecule has 17 heavy (non-hydrogen) atoms. The monoisotopic (exact) mass is 256 g/mol. The zero-order chi connectivity index (χ0) is 13.1. The minimum absolute atomic E-state index is 0.0851. The lowest BCUT2D eigenvalue weighted by molar-refractivity contribution is -0.135. The standard InChI is InChI=1S/C10H19F3N2O2/c1-17-7-6-15-9(16)8-14-5-3-2-4-10(11,12)13/h14H,2-8H2,1H3,(H,15,16). The molecule has 0 radical (unpaired) electrons. The molecular formula is C10H19F3N2O2. The molecule has 0 aromatic heterocycles. The highest BCUT2D eigenvalue weighted by molar-refractivity contribution is 5.77. The molecule has 0 aliphatic carbocycles. The second-order valence-corrected chi connectivity index (χ2v) is 3.59. The fraction of sp³-hybridized carbons (Fsp3) is 0.900. The van der Waals surface area contributed by atoms with E-state index in [1.165, 1.54) is 7.11 Å². The molecule has 0 spiro atoms. The largest absolute Gasteiger partial charge is 0.389 e. The van der Waals surface area contributed by atoms with E-state index in [1.807, 2.05) is 0 Å². The quantitative estimate of drug-likeness (QED) is 0.607. The van der Waals surface area contributed by atoms with Crippen LogP contribution >= 0.6 is 0 Å². The van der Waals surface area contributed by atoms with Gasteiger partial charge < -0.3 is 15.4 Å². The van der Waals surface area contributed by atoms with Gasteiger partial charge in [0.15, 0.2) is 0 Å². The first kappa shape index (κ1) is 16.2.